The number of anilines is 1. The smallest absolute Gasteiger partial charge is 0.258 e. The Morgan fingerprint density at radius 1 is 1.08 bits per heavy atom. The van der Waals surface area contributed by atoms with Gasteiger partial charge in [0.25, 0.3) is 5.91 Å². The van der Waals surface area contributed by atoms with E-state index in [0.717, 1.165) is 27.6 Å². The second-order valence-electron chi connectivity index (χ2n) is 6.00. The number of thiazole rings is 1. The number of carbonyl (C=O) groups is 1. The van der Waals surface area contributed by atoms with Crippen LogP contribution < -0.4 is 5.32 Å². The largest absolute Gasteiger partial charge is 0.298 e. The van der Waals surface area contributed by atoms with Crippen molar-refractivity contribution in [3.8, 4) is 11.3 Å². The van der Waals surface area contributed by atoms with Crippen LogP contribution in [0.15, 0.2) is 66.0 Å². The minimum absolute atomic E-state index is 0.256. The quantitative estimate of drug-likeness (QED) is 0.462. The van der Waals surface area contributed by atoms with Crippen molar-refractivity contribution in [2.45, 2.75) is 6.92 Å². The lowest BCUT2D eigenvalue weighted by Gasteiger charge is -2.05. The summed E-state index contributed by atoms with van der Waals surface area (Å²) in [6.07, 6.45) is 0. The summed E-state index contributed by atoms with van der Waals surface area (Å²) in [6.45, 7) is 1.94. The van der Waals surface area contributed by atoms with E-state index in [1.165, 1.54) is 11.3 Å². The third-order valence-corrected chi connectivity index (χ3v) is 5.23. The van der Waals surface area contributed by atoms with E-state index in [-0.39, 0.29) is 5.91 Å². The van der Waals surface area contributed by atoms with Gasteiger partial charge in [0, 0.05) is 10.9 Å². The highest BCUT2D eigenvalue weighted by molar-refractivity contribution is 7.14. The van der Waals surface area contributed by atoms with E-state index in [1.807, 2.05) is 42.6 Å². The lowest BCUT2D eigenvalue weighted by atomic mass is 10.0. The molecule has 0 saturated carbocycles. The Morgan fingerprint density at radius 3 is 2.73 bits per heavy atom. The molecule has 0 aliphatic carbocycles. The summed E-state index contributed by atoms with van der Waals surface area (Å²) in [7, 11) is 0. The minimum Gasteiger partial charge on any atom is -0.298 e. The highest BCUT2D eigenvalue weighted by Gasteiger charge is 2.14. The summed E-state index contributed by atoms with van der Waals surface area (Å²) in [5.41, 5.74) is 3.35. The van der Waals surface area contributed by atoms with Crippen LogP contribution in [0.25, 0.3) is 22.0 Å². The maximum Gasteiger partial charge on any atom is 0.258 e. The maximum atomic E-state index is 12.5. The van der Waals surface area contributed by atoms with E-state index in [4.69, 9.17) is 11.6 Å². The standard InChI is InChI=1S/C21H15ClN2OS/c1-13-9-10-17(18(22)11-13)20(25)24-21-23-19(12-26-21)16-8-4-6-14-5-2-3-7-15(14)16/h2-12H,1H3,(H,23,24,25). The van der Waals surface area contributed by atoms with Gasteiger partial charge in [0.2, 0.25) is 0 Å². The molecule has 0 aliphatic heterocycles. The number of halogens is 1. The number of hydrogen-bond acceptors (Lipinski definition) is 3. The number of carbonyl (C=O) groups excluding carboxylic acids is 1. The first-order valence-corrected chi connectivity index (χ1v) is 9.39. The van der Waals surface area contributed by atoms with Crippen molar-refractivity contribution >= 4 is 44.7 Å². The first kappa shape index (κ1) is 16.8. The highest BCUT2D eigenvalue weighted by Crippen LogP contribution is 2.31. The SMILES string of the molecule is Cc1ccc(C(=O)Nc2nc(-c3cccc4ccccc34)cs2)c(Cl)c1. The van der Waals surface area contributed by atoms with E-state index in [9.17, 15) is 4.79 Å². The molecule has 0 fully saturated rings. The zero-order valence-electron chi connectivity index (χ0n) is 14.0. The number of nitrogens with one attached hydrogen (secondary N) is 1. The second-order valence-corrected chi connectivity index (χ2v) is 7.27. The Kier molecular flexibility index (Phi) is 4.45. The molecule has 26 heavy (non-hydrogen) atoms. The van der Waals surface area contributed by atoms with Crippen LogP contribution in [0, 0.1) is 6.92 Å². The highest BCUT2D eigenvalue weighted by atomic mass is 35.5. The molecule has 0 radical (unpaired) electrons. The number of aryl methyl sites for hydroxylation is 1. The van der Waals surface area contributed by atoms with Crippen LogP contribution in [0.1, 0.15) is 15.9 Å². The van der Waals surface area contributed by atoms with Gasteiger partial charge in [-0.2, -0.15) is 0 Å². The number of aromatic nitrogens is 1. The van der Waals surface area contributed by atoms with Crippen molar-refractivity contribution in [3.63, 3.8) is 0 Å². The lowest BCUT2D eigenvalue weighted by molar-refractivity contribution is 0.102. The molecule has 5 heteroatoms. The fourth-order valence-corrected chi connectivity index (χ4v) is 3.90. The maximum absolute atomic E-state index is 12.5. The molecule has 4 rings (SSSR count). The second kappa shape index (κ2) is 6.90. The Bertz CT molecular complexity index is 1110. The number of hydrogen-bond donors (Lipinski definition) is 1. The fraction of sp³-hybridized carbons (Fsp3) is 0.0476. The van der Waals surface area contributed by atoms with Crippen molar-refractivity contribution in [1.29, 1.82) is 0 Å². The first-order valence-electron chi connectivity index (χ1n) is 8.13. The van der Waals surface area contributed by atoms with E-state index >= 15 is 0 Å². The molecular formula is C21H15ClN2OS. The molecule has 1 aromatic heterocycles. The van der Waals surface area contributed by atoms with Crippen molar-refractivity contribution in [1.82, 2.24) is 4.98 Å². The van der Waals surface area contributed by atoms with Crippen LogP contribution >= 0.6 is 22.9 Å². The van der Waals surface area contributed by atoms with Crippen LogP contribution in [-0.4, -0.2) is 10.9 Å². The lowest BCUT2D eigenvalue weighted by Crippen LogP contribution is -2.12. The molecule has 3 aromatic carbocycles. The topological polar surface area (TPSA) is 42.0 Å². The summed E-state index contributed by atoms with van der Waals surface area (Å²) in [4.78, 5) is 17.1. The molecule has 0 atom stereocenters. The third-order valence-electron chi connectivity index (χ3n) is 4.16. The van der Waals surface area contributed by atoms with Gasteiger partial charge in [-0.1, -0.05) is 60.1 Å². The van der Waals surface area contributed by atoms with Gasteiger partial charge in [-0.15, -0.1) is 11.3 Å². The molecule has 0 aliphatic rings. The molecule has 3 nitrogen and oxygen atoms in total. The van der Waals surface area contributed by atoms with Gasteiger partial charge in [0.05, 0.1) is 16.3 Å². The van der Waals surface area contributed by atoms with Gasteiger partial charge in [-0.3, -0.25) is 10.1 Å². The first-order chi connectivity index (χ1) is 12.6. The summed E-state index contributed by atoms with van der Waals surface area (Å²) >= 11 is 7.58. The number of nitrogens with zero attached hydrogens (tertiary/aromatic N) is 1. The summed E-state index contributed by atoms with van der Waals surface area (Å²) in [5, 5.41) is 8.08. The summed E-state index contributed by atoms with van der Waals surface area (Å²) in [5.74, 6) is -0.256. The van der Waals surface area contributed by atoms with Crippen LogP contribution in [-0.2, 0) is 0 Å². The molecule has 1 amide bonds. The molecule has 128 valence electrons. The van der Waals surface area contributed by atoms with Gasteiger partial charge in [-0.05, 0) is 35.4 Å². The molecule has 0 spiro atoms. The van der Waals surface area contributed by atoms with Gasteiger partial charge in [-0.25, -0.2) is 4.98 Å². The molecule has 0 bridgehead atoms. The van der Waals surface area contributed by atoms with E-state index < -0.39 is 0 Å². The Labute approximate surface area is 160 Å². The predicted octanol–water partition coefficient (Wildman–Crippen LogP) is 6.18. The fourth-order valence-electron chi connectivity index (χ4n) is 2.87. The average molecular weight is 379 g/mol. The molecule has 0 unspecified atom stereocenters. The number of rotatable bonds is 3. The monoisotopic (exact) mass is 378 g/mol. The van der Waals surface area contributed by atoms with Gasteiger partial charge < -0.3 is 0 Å². The van der Waals surface area contributed by atoms with Crippen LogP contribution in [0.4, 0.5) is 5.13 Å². The van der Waals surface area contributed by atoms with Crippen molar-refractivity contribution in [2.24, 2.45) is 0 Å². The Balaban J connectivity index is 1.63. The summed E-state index contributed by atoms with van der Waals surface area (Å²) in [6, 6.07) is 19.7. The normalized spacial score (nSPS) is 10.8. The zero-order valence-corrected chi connectivity index (χ0v) is 15.6. The molecule has 1 heterocycles. The van der Waals surface area contributed by atoms with Crippen molar-refractivity contribution in [2.75, 3.05) is 5.32 Å². The Hall–Kier alpha value is -2.69. The van der Waals surface area contributed by atoms with E-state index in [0.29, 0.717) is 15.7 Å². The Morgan fingerprint density at radius 2 is 1.88 bits per heavy atom. The number of fused-ring (bicyclic) bond motifs is 1. The van der Waals surface area contributed by atoms with Gasteiger partial charge in [0.15, 0.2) is 5.13 Å². The van der Waals surface area contributed by atoms with Crippen molar-refractivity contribution in [3.05, 3.63) is 82.2 Å². The van der Waals surface area contributed by atoms with Crippen molar-refractivity contribution < 1.29 is 4.79 Å². The van der Waals surface area contributed by atoms with Crippen LogP contribution in [0.5, 0.6) is 0 Å². The molecule has 1 N–H and O–H groups in total. The predicted molar refractivity (Wildman–Crippen MR) is 109 cm³/mol. The van der Waals surface area contributed by atoms with Gasteiger partial charge in [0.1, 0.15) is 0 Å². The molecule has 4 aromatic rings. The average Bonchev–Trinajstić information content (AvgIpc) is 3.09. The third kappa shape index (κ3) is 3.21. The number of benzene rings is 3. The zero-order chi connectivity index (χ0) is 18.1. The minimum atomic E-state index is -0.256. The van der Waals surface area contributed by atoms with Gasteiger partial charge >= 0.3 is 0 Å². The molecular weight excluding hydrogens is 364 g/mol. The summed E-state index contributed by atoms with van der Waals surface area (Å²) < 4.78 is 0. The van der Waals surface area contributed by atoms with Crippen LogP contribution in [0.2, 0.25) is 5.02 Å². The number of amides is 1. The van der Waals surface area contributed by atoms with Crippen LogP contribution in [0.3, 0.4) is 0 Å². The van der Waals surface area contributed by atoms with E-state index in [1.54, 1.807) is 12.1 Å². The molecule has 0 saturated heterocycles. The van der Waals surface area contributed by atoms with E-state index in [2.05, 4.69) is 28.5 Å².